The summed E-state index contributed by atoms with van der Waals surface area (Å²) in [5.74, 6) is -0.315. The highest BCUT2D eigenvalue weighted by Gasteiger charge is 2.02. The van der Waals surface area contributed by atoms with Gasteiger partial charge in [-0.25, -0.2) is 4.39 Å². The average molecular weight is 138 g/mol. The van der Waals surface area contributed by atoms with E-state index in [0.29, 0.717) is 0 Å². The molecule has 1 nitrogen and oxygen atoms in total. The highest BCUT2D eigenvalue weighted by Crippen LogP contribution is 2.18. The highest BCUT2D eigenvalue weighted by molar-refractivity contribution is 5.32. The first-order valence-corrected chi connectivity index (χ1v) is 2.83. The Kier molecular flexibility index (Phi) is 1.90. The molecule has 0 atom stereocenters. The van der Waals surface area contributed by atoms with Gasteiger partial charge in [0, 0.05) is 6.92 Å². The van der Waals surface area contributed by atoms with Crippen molar-refractivity contribution in [3.63, 3.8) is 0 Å². The van der Waals surface area contributed by atoms with Crippen molar-refractivity contribution >= 4 is 0 Å². The van der Waals surface area contributed by atoms with E-state index in [1.54, 1.807) is 6.07 Å². The standard InChI is InChI=1S/C8H7FO/c1-6-4-3-5-7(10-2)8(6)9/h1,3-5H,2H3. The first kappa shape index (κ1) is 7.06. The maximum atomic E-state index is 12.8. The third kappa shape index (κ3) is 1.10. The summed E-state index contributed by atoms with van der Waals surface area (Å²) in [6.45, 7) is 5.24. The third-order valence-electron chi connectivity index (χ3n) is 1.21. The van der Waals surface area contributed by atoms with Crippen molar-refractivity contribution in [3.05, 3.63) is 36.5 Å². The Hall–Kier alpha value is -1.05. The molecule has 0 amide bonds. The number of benzene rings is 1. The maximum absolute atomic E-state index is 12.8. The first-order valence-electron chi connectivity index (χ1n) is 2.83. The normalized spacial score (nSPS) is 9.50. The molecule has 0 unspecified atom stereocenters. The van der Waals surface area contributed by atoms with E-state index in [-0.39, 0.29) is 11.3 Å². The summed E-state index contributed by atoms with van der Waals surface area (Å²) in [4.78, 5) is 0. The SMILES string of the molecule is [CH]c1cccc(OC)c1F. The van der Waals surface area contributed by atoms with Gasteiger partial charge in [0.05, 0.1) is 7.11 Å². The van der Waals surface area contributed by atoms with Crippen molar-refractivity contribution in [2.24, 2.45) is 0 Å². The second-order valence-corrected chi connectivity index (χ2v) is 1.86. The van der Waals surface area contributed by atoms with Crippen LogP contribution in [0.2, 0.25) is 0 Å². The number of ether oxygens (including phenoxy) is 1. The summed E-state index contributed by atoms with van der Waals surface area (Å²) in [5.41, 5.74) is 0.111. The zero-order chi connectivity index (χ0) is 7.56. The molecule has 0 aliphatic carbocycles. The molecule has 0 saturated carbocycles. The number of rotatable bonds is 1. The Morgan fingerprint density at radius 2 is 2.20 bits per heavy atom. The van der Waals surface area contributed by atoms with Gasteiger partial charge in [0.25, 0.3) is 0 Å². The zero-order valence-electron chi connectivity index (χ0n) is 5.60. The molecule has 52 valence electrons. The topological polar surface area (TPSA) is 9.23 Å². The Morgan fingerprint density at radius 3 is 2.70 bits per heavy atom. The molecule has 0 aliphatic rings. The summed E-state index contributed by atoms with van der Waals surface area (Å²) in [6.07, 6.45) is 0. The number of methoxy groups -OCH3 is 1. The lowest BCUT2D eigenvalue weighted by atomic mass is 10.2. The van der Waals surface area contributed by atoms with Crippen molar-refractivity contribution < 1.29 is 9.13 Å². The summed E-state index contributed by atoms with van der Waals surface area (Å²) in [7, 11) is 1.40. The van der Waals surface area contributed by atoms with E-state index in [9.17, 15) is 4.39 Å². The van der Waals surface area contributed by atoms with E-state index in [4.69, 9.17) is 6.92 Å². The van der Waals surface area contributed by atoms with Gasteiger partial charge in [0.15, 0.2) is 11.6 Å². The lowest BCUT2D eigenvalue weighted by Crippen LogP contribution is -1.89. The lowest BCUT2D eigenvalue weighted by Gasteiger charge is -2.01. The highest BCUT2D eigenvalue weighted by atomic mass is 19.1. The number of hydrogen-bond acceptors (Lipinski definition) is 1. The molecule has 0 N–H and O–H groups in total. The van der Waals surface area contributed by atoms with Crippen LogP contribution in [0.15, 0.2) is 18.2 Å². The molecule has 1 aromatic rings. The van der Waals surface area contributed by atoms with Crippen LogP contribution < -0.4 is 4.74 Å². The zero-order valence-corrected chi connectivity index (χ0v) is 5.60. The monoisotopic (exact) mass is 138 g/mol. The molecule has 0 aromatic heterocycles. The second kappa shape index (κ2) is 2.69. The fraction of sp³-hybridized carbons (Fsp3) is 0.125. The maximum Gasteiger partial charge on any atom is 0.168 e. The molecule has 0 aliphatic heterocycles. The summed E-state index contributed by atoms with van der Waals surface area (Å²) < 4.78 is 17.4. The Morgan fingerprint density at radius 1 is 1.50 bits per heavy atom. The minimum absolute atomic E-state index is 0.111. The Labute approximate surface area is 59.4 Å². The van der Waals surface area contributed by atoms with Crippen LogP contribution in [0.5, 0.6) is 5.75 Å². The van der Waals surface area contributed by atoms with Crippen LogP contribution in [-0.4, -0.2) is 7.11 Å². The molecule has 1 aromatic carbocycles. The molecule has 2 radical (unpaired) electrons. The molecule has 0 saturated heterocycles. The first-order chi connectivity index (χ1) is 4.75. The van der Waals surface area contributed by atoms with E-state index in [2.05, 4.69) is 4.74 Å². The van der Waals surface area contributed by atoms with Gasteiger partial charge in [-0.1, -0.05) is 12.1 Å². The number of halogens is 1. The van der Waals surface area contributed by atoms with Gasteiger partial charge < -0.3 is 4.74 Å². The van der Waals surface area contributed by atoms with Gasteiger partial charge in [-0.3, -0.25) is 0 Å². The molecular weight excluding hydrogens is 131 g/mol. The summed E-state index contributed by atoms with van der Waals surface area (Å²) >= 11 is 0. The van der Waals surface area contributed by atoms with E-state index >= 15 is 0 Å². The fourth-order valence-corrected chi connectivity index (χ4v) is 0.685. The molecule has 0 bridgehead atoms. The predicted molar refractivity (Wildman–Crippen MR) is 36.4 cm³/mol. The summed E-state index contributed by atoms with van der Waals surface area (Å²) in [6, 6.07) is 4.64. The Bertz CT molecular complexity index is 233. The molecule has 0 fully saturated rings. The van der Waals surface area contributed by atoms with Crippen molar-refractivity contribution in [3.8, 4) is 5.75 Å². The molecule has 0 spiro atoms. The van der Waals surface area contributed by atoms with Gasteiger partial charge >= 0.3 is 0 Å². The predicted octanol–water partition coefficient (Wildman–Crippen LogP) is 1.89. The van der Waals surface area contributed by atoms with Crippen LogP contribution >= 0.6 is 0 Å². The van der Waals surface area contributed by atoms with Crippen molar-refractivity contribution in [1.82, 2.24) is 0 Å². The lowest BCUT2D eigenvalue weighted by molar-refractivity contribution is 0.386. The van der Waals surface area contributed by atoms with Gasteiger partial charge in [-0.05, 0) is 11.6 Å². The minimum Gasteiger partial charge on any atom is -0.494 e. The van der Waals surface area contributed by atoms with E-state index in [1.165, 1.54) is 19.2 Å². The van der Waals surface area contributed by atoms with Crippen LogP contribution in [-0.2, 0) is 0 Å². The van der Waals surface area contributed by atoms with Crippen molar-refractivity contribution in [2.45, 2.75) is 0 Å². The quantitative estimate of drug-likeness (QED) is 0.575. The largest absolute Gasteiger partial charge is 0.494 e. The second-order valence-electron chi connectivity index (χ2n) is 1.86. The van der Waals surface area contributed by atoms with Crippen molar-refractivity contribution in [1.29, 1.82) is 0 Å². The fourth-order valence-electron chi connectivity index (χ4n) is 0.685. The number of hydrogen-bond donors (Lipinski definition) is 0. The summed E-state index contributed by atoms with van der Waals surface area (Å²) in [5, 5.41) is 0. The van der Waals surface area contributed by atoms with E-state index in [0.717, 1.165) is 0 Å². The van der Waals surface area contributed by atoms with E-state index < -0.39 is 5.82 Å². The van der Waals surface area contributed by atoms with Crippen molar-refractivity contribution in [2.75, 3.05) is 7.11 Å². The van der Waals surface area contributed by atoms with Crippen LogP contribution in [0.1, 0.15) is 5.56 Å². The van der Waals surface area contributed by atoms with Crippen LogP contribution in [0.3, 0.4) is 0 Å². The molecule has 2 heteroatoms. The molecule has 0 heterocycles. The molecule has 1 rings (SSSR count). The van der Waals surface area contributed by atoms with Gasteiger partial charge in [0.1, 0.15) is 0 Å². The van der Waals surface area contributed by atoms with Gasteiger partial charge in [0.2, 0.25) is 0 Å². The molecule has 10 heavy (non-hydrogen) atoms. The van der Waals surface area contributed by atoms with Crippen LogP contribution in [0, 0.1) is 12.7 Å². The van der Waals surface area contributed by atoms with Gasteiger partial charge in [-0.15, -0.1) is 0 Å². The van der Waals surface area contributed by atoms with E-state index in [1.807, 2.05) is 0 Å². The Balaban J connectivity index is 3.14. The smallest absolute Gasteiger partial charge is 0.168 e. The minimum atomic E-state index is -0.495. The van der Waals surface area contributed by atoms with Crippen LogP contribution in [0.25, 0.3) is 0 Å². The van der Waals surface area contributed by atoms with Crippen LogP contribution in [0.4, 0.5) is 4.39 Å². The van der Waals surface area contributed by atoms with Gasteiger partial charge in [-0.2, -0.15) is 0 Å². The average Bonchev–Trinajstić information content (AvgIpc) is 1.95. The third-order valence-corrected chi connectivity index (χ3v) is 1.21. The molecular formula is C8H7FO.